The highest BCUT2D eigenvalue weighted by Crippen LogP contribution is 2.43. The van der Waals surface area contributed by atoms with Crippen molar-refractivity contribution < 1.29 is 19.0 Å². The molecule has 0 spiro atoms. The number of benzene rings is 1. The minimum Gasteiger partial charge on any atom is -0.477 e. The number of methoxy groups -OCH3 is 1. The van der Waals surface area contributed by atoms with Gasteiger partial charge in [0.25, 0.3) is 0 Å². The maximum atomic E-state index is 12.9. The molecule has 2 aliphatic heterocycles. The van der Waals surface area contributed by atoms with Crippen molar-refractivity contribution in [2.45, 2.75) is 26.8 Å². The Bertz CT molecular complexity index is 915. The van der Waals surface area contributed by atoms with Gasteiger partial charge >= 0.3 is 0 Å². The van der Waals surface area contributed by atoms with Gasteiger partial charge < -0.3 is 14.2 Å². The monoisotopic (exact) mass is 385 g/mol. The van der Waals surface area contributed by atoms with Gasteiger partial charge in [0.05, 0.1) is 5.56 Å². The number of nitrogens with zero attached hydrogens (tertiary/aromatic N) is 1. The molecule has 0 unspecified atom stereocenters. The molecule has 0 N–H and O–H groups in total. The zero-order valence-electron chi connectivity index (χ0n) is 15.8. The number of hydrogen-bond donors (Lipinski definition) is 0. The summed E-state index contributed by atoms with van der Waals surface area (Å²) in [5.41, 5.74) is 3.72. The molecule has 0 aliphatic carbocycles. The summed E-state index contributed by atoms with van der Waals surface area (Å²) < 4.78 is 17.1. The number of rotatable bonds is 5. The second-order valence-electron chi connectivity index (χ2n) is 6.95. The summed E-state index contributed by atoms with van der Waals surface area (Å²) in [4.78, 5) is 16.2. The van der Waals surface area contributed by atoms with Crippen LogP contribution in [0.15, 0.2) is 23.3 Å². The van der Waals surface area contributed by atoms with Crippen molar-refractivity contribution in [2.75, 3.05) is 27.0 Å². The number of thiophene rings is 1. The molecule has 0 bridgehead atoms. The van der Waals surface area contributed by atoms with Crippen molar-refractivity contribution >= 4 is 23.2 Å². The topological polar surface area (TPSA) is 48.0 Å². The Labute approximate surface area is 163 Å². The largest absolute Gasteiger partial charge is 0.477 e. The third-order valence-corrected chi connectivity index (χ3v) is 5.95. The molecule has 2 aromatic rings. The van der Waals surface area contributed by atoms with Crippen molar-refractivity contribution in [3.63, 3.8) is 0 Å². The van der Waals surface area contributed by atoms with E-state index in [1.165, 1.54) is 0 Å². The molecule has 2 aliphatic rings. The highest BCUT2D eigenvalue weighted by Gasteiger charge is 2.33. The maximum Gasteiger partial charge on any atom is 0.232 e. The van der Waals surface area contributed by atoms with E-state index in [2.05, 4.69) is 4.90 Å². The molecule has 0 amide bonds. The summed E-state index contributed by atoms with van der Waals surface area (Å²) in [7, 11) is 1.71. The number of aryl methyl sites for hydroxylation is 1. The molecule has 5 nitrogen and oxygen atoms in total. The van der Waals surface area contributed by atoms with Gasteiger partial charge in [0, 0.05) is 48.9 Å². The first-order valence-corrected chi connectivity index (χ1v) is 9.95. The van der Waals surface area contributed by atoms with Gasteiger partial charge in [-0.25, -0.2) is 0 Å². The smallest absolute Gasteiger partial charge is 0.232 e. The van der Waals surface area contributed by atoms with Crippen molar-refractivity contribution in [1.29, 1.82) is 0 Å². The van der Waals surface area contributed by atoms with E-state index in [0.29, 0.717) is 23.8 Å². The van der Waals surface area contributed by atoms with Crippen LogP contribution < -0.4 is 9.47 Å². The molecule has 0 fully saturated rings. The molecule has 0 saturated heterocycles. The Hall–Kier alpha value is -2.15. The molecule has 4 rings (SSSR count). The lowest BCUT2D eigenvalue weighted by atomic mass is 10.00. The molecule has 0 atom stereocenters. The third-order valence-electron chi connectivity index (χ3n) is 4.99. The van der Waals surface area contributed by atoms with Crippen LogP contribution in [0, 0.1) is 13.8 Å². The molecule has 6 heteroatoms. The van der Waals surface area contributed by atoms with Gasteiger partial charge in [0.2, 0.25) is 5.78 Å². The normalized spacial score (nSPS) is 17.6. The van der Waals surface area contributed by atoms with Crippen LogP contribution in [0.1, 0.15) is 38.3 Å². The Morgan fingerprint density at radius 2 is 2.19 bits per heavy atom. The summed E-state index contributed by atoms with van der Waals surface area (Å²) in [6.07, 6.45) is 2.80. The van der Waals surface area contributed by atoms with E-state index in [1.54, 1.807) is 18.4 Å². The molecule has 0 radical (unpaired) electrons. The molecule has 0 saturated carbocycles. The summed E-state index contributed by atoms with van der Waals surface area (Å²) in [6.45, 7) is 6.94. The highest BCUT2D eigenvalue weighted by molar-refractivity contribution is 7.11. The van der Waals surface area contributed by atoms with Crippen molar-refractivity contribution in [3.05, 3.63) is 50.4 Å². The van der Waals surface area contributed by atoms with Crippen LogP contribution in [-0.2, 0) is 11.3 Å². The van der Waals surface area contributed by atoms with Crippen LogP contribution in [0.4, 0.5) is 0 Å². The number of Topliss-reactive ketones (excluding diaryl/α,β-unsaturated/α-hetero) is 1. The number of carbonyl (C=O) groups excluding carboxylic acids is 1. The lowest BCUT2D eigenvalue weighted by Gasteiger charge is -2.30. The second-order valence-corrected chi connectivity index (χ2v) is 7.89. The first-order valence-electron chi connectivity index (χ1n) is 9.07. The van der Waals surface area contributed by atoms with Gasteiger partial charge in [0.1, 0.15) is 18.2 Å². The fourth-order valence-corrected chi connectivity index (χ4v) is 4.37. The van der Waals surface area contributed by atoms with Gasteiger partial charge in [-0.1, -0.05) is 0 Å². The van der Waals surface area contributed by atoms with Gasteiger partial charge in [0.15, 0.2) is 5.76 Å². The lowest BCUT2D eigenvalue weighted by molar-refractivity contribution is 0.0826. The van der Waals surface area contributed by atoms with Gasteiger partial charge in [-0.3, -0.25) is 9.69 Å². The van der Waals surface area contributed by atoms with Crippen LogP contribution >= 0.6 is 11.3 Å². The summed E-state index contributed by atoms with van der Waals surface area (Å²) in [5, 5.41) is 2.02. The minimum atomic E-state index is -0.0554. The molecular formula is C21H23NO4S. The zero-order valence-corrected chi connectivity index (χ0v) is 16.6. The second kappa shape index (κ2) is 7.46. The van der Waals surface area contributed by atoms with Crippen molar-refractivity contribution in [2.24, 2.45) is 0 Å². The van der Waals surface area contributed by atoms with E-state index in [0.717, 1.165) is 53.4 Å². The molecule has 1 aromatic carbocycles. The Kier molecular flexibility index (Phi) is 5.04. The number of ketones is 1. The zero-order chi connectivity index (χ0) is 19.0. The predicted octanol–water partition coefficient (Wildman–Crippen LogP) is 4.17. The SMILES string of the molecule is COCCCN1COc2c(cc3c(c2C)O/C(=C\c2sccc2C)C3=O)C1. The maximum absolute atomic E-state index is 12.9. The summed E-state index contributed by atoms with van der Waals surface area (Å²) in [6, 6.07) is 3.98. The van der Waals surface area contributed by atoms with Crippen LogP contribution in [0.2, 0.25) is 0 Å². The number of carbonyl (C=O) groups is 1. The standard InChI is InChI=1S/C21H23NO4S/c1-13-5-8-27-18(13)10-17-19(23)16-9-15-11-22(6-4-7-24-3)12-25-20(15)14(2)21(16)26-17/h5,8-10H,4,6-7,11-12H2,1-3H3/b17-10-. The van der Waals surface area contributed by atoms with Crippen LogP contribution in [0.3, 0.4) is 0 Å². The number of fused-ring (bicyclic) bond motifs is 2. The van der Waals surface area contributed by atoms with E-state index in [1.807, 2.05) is 37.4 Å². The van der Waals surface area contributed by atoms with Gasteiger partial charge in [-0.15, -0.1) is 11.3 Å². The van der Waals surface area contributed by atoms with Crippen molar-refractivity contribution in [3.8, 4) is 11.5 Å². The van der Waals surface area contributed by atoms with E-state index in [4.69, 9.17) is 14.2 Å². The van der Waals surface area contributed by atoms with E-state index < -0.39 is 0 Å². The number of ether oxygens (including phenoxy) is 3. The summed E-state index contributed by atoms with van der Waals surface area (Å²) in [5.74, 6) is 1.81. The fourth-order valence-electron chi connectivity index (χ4n) is 3.52. The quantitative estimate of drug-likeness (QED) is 0.571. The fraction of sp³-hybridized carbons (Fsp3) is 0.381. The van der Waals surface area contributed by atoms with E-state index >= 15 is 0 Å². The van der Waals surface area contributed by atoms with Gasteiger partial charge in [-0.05, 0) is 43.3 Å². The van der Waals surface area contributed by atoms with Crippen LogP contribution in [-0.4, -0.2) is 37.7 Å². The number of allylic oxidation sites excluding steroid dienone is 1. The Morgan fingerprint density at radius 1 is 1.33 bits per heavy atom. The Morgan fingerprint density at radius 3 is 2.93 bits per heavy atom. The van der Waals surface area contributed by atoms with Gasteiger partial charge in [-0.2, -0.15) is 0 Å². The first-order chi connectivity index (χ1) is 13.1. The van der Waals surface area contributed by atoms with Crippen LogP contribution in [0.5, 0.6) is 11.5 Å². The molecule has 3 heterocycles. The van der Waals surface area contributed by atoms with E-state index in [-0.39, 0.29) is 5.78 Å². The highest BCUT2D eigenvalue weighted by atomic mass is 32.1. The minimum absolute atomic E-state index is 0.0554. The predicted molar refractivity (Wildman–Crippen MR) is 106 cm³/mol. The van der Waals surface area contributed by atoms with Crippen molar-refractivity contribution in [1.82, 2.24) is 4.90 Å². The molecular weight excluding hydrogens is 362 g/mol. The lowest BCUT2D eigenvalue weighted by Crippen LogP contribution is -2.33. The summed E-state index contributed by atoms with van der Waals surface area (Å²) >= 11 is 1.61. The third kappa shape index (κ3) is 3.40. The molecule has 27 heavy (non-hydrogen) atoms. The molecule has 142 valence electrons. The average molecular weight is 385 g/mol. The van der Waals surface area contributed by atoms with E-state index in [9.17, 15) is 4.79 Å². The molecule has 1 aromatic heterocycles. The van der Waals surface area contributed by atoms with Crippen LogP contribution in [0.25, 0.3) is 6.08 Å². The number of hydrogen-bond acceptors (Lipinski definition) is 6. The average Bonchev–Trinajstić information content (AvgIpc) is 3.20. The Balaban J connectivity index is 1.61. The first kappa shape index (κ1) is 18.2.